The number of thioether (sulfide) groups is 1. The quantitative estimate of drug-likeness (QED) is 0.414. The van der Waals surface area contributed by atoms with Crippen LogP contribution in [0.2, 0.25) is 0 Å². The number of benzene rings is 1. The smallest absolute Gasteiger partial charge is 0.224 e. The van der Waals surface area contributed by atoms with Crippen molar-refractivity contribution >= 4 is 34.4 Å². The Balaban J connectivity index is 1.59. The van der Waals surface area contributed by atoms with Crippen molar-refractivity contribution in [3.05, 3.63) is 59.3 Å². The summed E-state index contributed by atoms with van der Waals surface area (Å²) in [6.45, 7) is 3.74. The molecule has 2 atom stereocenters. The topological polar surface area (TPSA) is 116 Å². The number of hydrogen-bond donors (Lipinski definition) is 5. The van der Waals surface area contributed by atoms with Crippen molar-refractivity contribution in [3.8, 4) is 11.1 Å². The number of fused-ring (bicyclic) bond motifs is 1. The minimum Gasteiger partial charge on any atom is -0.375 e. The van der Waals surface area contributed by atoms with Gasteiger partial charge in [-0.3, -0.25) is 4.79 Å². The van der Waals surface area contributed by atoms with Gasteiger partial charge in [-0.15, -0.1) is 0 Å². The Hall–Kier alpha value is -2.81. The molecule has 0 fully saturated rings. The molecular weight excluding hydrogens is 386 g/mol. The summed E-state index contributed by atoms with van der Waals surface area (Å²) >= 11 is 1.53. The lowest BCUT2D eigenvalue weighted by molar-refractivity contribution is -0.124. The first-order valence-electron chi connectivity index (χ1n) is 9.36. The number of amides is 1. The van der Waals surface area contributed by atoms with E-state index in [-0.39, 0.29) is 17.3 Å². The fraction of sp³-hybridized carbons (Fsp3) is 0.238. The fourth-order valence-electron chi connectivity index (χ4n) is 3.11. The van der Waals surface area contributed by atoms with Crippen LogP contribution in [0.1, 0.15) is 31.2 Å². The predicted octanol–water partition coefficient (Wildman–Crippen LogP) is 2.87. The first kappa shape index (κ1) is 19.5. The molecule has 0 saturated heterocycles. The molecule has 8 heteroatoms. The van der Waals surface area contributed by atoms with E-state index in [2.05, 4.69) is 26.7 Å². The minimum absolute atomic E-state index is 0.0126. The van der Waals surface area contributed by atoms with E-state index in [1.807, 2.05) is 55.9 Å². The number of nitrogens with one attached hydrogen (secondary N) is 3. The molecule has 0 saturated carbocycles. The summed E-state index contributed by atoms with van der Waals surface area (Å²) in [5.74, 6) is -0.0494. The van der Waals surface area contributed by atoms with E-state index < -0.39 is 6.23 Å². The second-order valence-electron chi connectivity index (χ2n) is 7.24. The number of hydrogen-bond acceptors (Lipinski definition) is 6. The molecule has 1 amide bonds. The normalized spacial score (nSPS) is 17.3. The number of rotatable bonds is 5. The Morgan fingerprint density at radius 1 is 1.28 bits per heavy atom. The summed E-state index contributed by atoms with van der Waals surface area (Å²) < 4.78 is 0. The summed E-state index contributed by atoms with van der Waals surface area (Å²) in [6, 6.07) is 9.53. The van der Waals surface area contributed by atoms with Gasteiger partial charge in [-0.25, -0.2) is 4.98 Å². The van der Waals surface area contributed by atoms with Crippen LogP contribution in [-0.2, 0) is 4.79 Å². The highest BCUT2D eigenvalue weighted by Gasteiger charge is 2.22. The summed E-state index contributed by atoms with van der Waals surface area (Å²) in [5.41, 5.74) is 10.7. The van der Waals surface area contributed by atoms with Gasteiger partial charge in [0.15, 0.2) is 5.50 Å². The molecule has 3 aromatic rings. The van der Waals surface area contributed by atoms with E-state index in [9.17, 15) is 9.90 Å². The van der Waals surface area contributed by atoms with Crippen molar-refractivity contribution < 1.29 is 9.90 Å². The van der Waals surface area contributed by atoms with Crippen LogP contribution in [-0.4, -0.2) is 26.5 Å². The number of pyridine rings is 1. The third-order valence-corrected chi connectivity index (χ3v) is 5.69. The van der Waals surface area contributed by atoms with Gasteiger partial charge >= 0.3 is 0 Å². The monoisotopic (exact) mass is 409 g/mol. The molecule has 1 aliphatic heterocycles. The molecule has 2 unspecified atom stereocenters. The van der Waals surface area contributed by atoms with Crippen LogP contribution in [0.3, 0.4) is 0 Å². The van der Waals surface area contributed by atoms with Gasteiger partial charge in [0.05, 0.1) is 5.70 Å². The average molecular weight is 410 g/mol. The second kappa shape index (κ2) is 7.90. The molecule has 1 aliphatic rings. The van der Waals surface area contributed by atoms with Crippen LogP contribution in [0.25, 0.3) is 27.9 Å². The predicted molar refractivity (Wildman–Crippen MR) is 116 cm³/mol. The lowest BCUT2D eigenvalue weighted by Gasteiger charge is -2.16. The van der Waals surface area contributed by atoms with Crippen molar-refractivity contribution in [2.24, 2.45) is 11.7 Å². The molecule has 0 bridgehead atoms. The van der Waals surface area contributed by atoms with E-state index in [0.717, 1.165) is 33.4 Å². The maximum atomic E-state index is 11.9. The zero-order valence-electron chi connectivity index (χ0n) is 16.1. The van der Waals surface area contributed by atoms with E-state index in [1.54, 1.807) is 0 Å². The minimum atomic E-state index is -0.983. The fourth-order valence-corrected chi connectivity index (χ4v) is 3.96. The summed E-state index contributed by atoms with van der Waals surface area (Å²) in [4.78, 5) is 19.7. The molecule has 29 heavy (non-hydrogen) atoms. The van der Waals surface area contributed by atoms with Crippen molar-refractivity contribution in [2.75, 3.05) is 0 Å². The van der Waals surface area contributed by atoms with Gasteiger partial charge in [-0.1, -0.05) is 49.9 Å². The lowest BCUT2D eigenvalue weighted by atomic mass is 10.0. The number of carbonyl (C=O) groups is 1. The molecule has 6 N–H and O–H groups in total. The number of aliphatic hydroxyl groups is 1. The van der Waals surface area contributed by atoms with E-state index in [1.165, 1.54) is 11.8 Å². The average Bonchev–Trinajstić information content (AvgIpc) is 3.34. The molecule has 150 valence electrons. The van der Waals surface area contributed by atoms with Crippen molar-refractivity contribution in [1.29, 1.82) is 0 Å². The van der Waals surface area contributed by atoms with E-state index in [4.69, 9.17) is 5.73 Å². The van der Waals surface area contributed by atoms with Crippen LogP contribution in [0, 0.1) is 5.92 Å². The summed E-state index contributed by atoms with van der Waals surface area (Å²) in [7, 11) is 0. The number of nitrogens with zero attached hydrogens (tertiary/aromatic N) is 1. The third-order valence-electron chi connectivity index (χ3n) is 4.81. The van der Waals surface area contributed by atoms with Gasteiger partial charge in [0.2, 0.25) is 5.91 Å². The number of nitrogens with two attached hydrogens (primary N) is 1. The van der Waals surface area contributed by atoms with Gasteiger partial charge in [-0.2, -0.15) is 0 Å². The van der Waals surface area contributed by atoms with Gasteiger partial charge in [0.25, 0.3) is 0 Å². The van der Waals surface area contributed by atoms with Crippen LogP contribution >= 0.6 is 11.8 Å². The molecule has 4 rings (SSSR count). The van der Waals surface area contributed by atoms with Crippen LogP contribution in [0.4, 0.5) is 0 Å². The first-order chi connectivity index (χ1) is 13.9. The Kier molecular flexibility index (Phi) is 5.31. The maximum absolute atomic E-state index is 11.9. The standard InChI is InChI=1S/C21H23N5O2S/c1-11(2)20(28)26-21-25-17(10-29-21)16-9-24-19-15(16)7-14(8-23-19)12-3-5-13(6-4-12)18(22)27/h3-11,18,21,25,27H,22H2,1-2H3,(H,23,24)(H,26,28). The first-order valence-corrected chi connectivity index (χ1v) is 10.3. The summed E-state index contributed by atoms with van der Waals surface area (Å²) in [5, 5.41) is 18.8. The zero-order valence-corrected chi connectivity index (χ0v) is 17.0. The number of carbonyl (C=O) groups excluding carboxylic acids is 1. The van der Waals surface area contributed by atoms with Crippen LogP contribution in [0.15, 0.2) is 48.1 Å². The Morgan fingerprint density at radius 3 is 2.72 bits per heavy atom. The Labute approximate surface area is 172 Å². The third kappa shape index (κ3) is 4.00. The maximum Gasteiger partial charge on any atom is 0.224 e. The van der Waals surface area contributed by atoms with Gasteiger partial charge in [0.1, 0.15) is 11.9 Å². The largest absolute Gasteiger partial charge is 0.375 e. The molecular formula is C21H23N5O2S. The highest BCUT2D eigenvalue weighted by Crippen LogP contribution is 2.32. The number of aliphatic hydroxyl groups excluding tert-OH is 1. The zero-order chi connectivity index (χ0) is 20.5. The van der Waals surface area contributed by atoms with Crippen LogP contribution < -0.4 is 16.4 Å². The van der Waals surface area contributed by atoms with E-state index in [0.29, 0.717) is 5.56 Å². The van der Waals surface area contributed by atoms with Crippen molar-refractivity contribution in [2.45, 2.75) is 25.6 Å². The van der Waals surface area contributed by atoms with Crippen LogP contribution in [0.5, 0.6) is 0 Å². The molecule has 0 spiro atoms. The molecule has 0 radical (unpaired) electrons. The number of H-pyrrole nitrogens is 1. The molecule has 7 nitrogen and oxygen atoms in total. The molecule has 2 aromatic heterocycles. The number of aromatic amines is 1. The molecule has 1 aromatic carbocycles. The molecule has 0 aliphatic carbocycles. The van der Waals surface area contributed by atoms with Gasteiger partial charge < -0.3 is 26.5 Å². The van der Waals surface area contributed by atoms with Crippen molar-refractivity contribution in [1.82, 2.24) is 20.6 Å². The van der Waals surface area contributed by atoms with Crippen molar-refractivity contribution in [3.63, 3.8) is 0 Å². The lowest BCUT2D eigenvalue weighted by Crippen LogP contribution is -2.41. The Morgan fingerprint density at radius 2 is 2.03 bits per heavy atom. The summed E-state index contributed by atoms with van der Waals surface area (Å²) in [6.07, 6.45) is 2.75. The van der Waals surface area contributed by atoms with Gasteiger partial charge in [-0.05, 0) is 22.6 Å². The highest BCUT2D eigenvalue weighted by atomic mass is 32.2. The second-order valence-corrected chi connectivity index (χ2v) is 8.22. The van der Waals surface area contributed by atoms with E-state index >= 15 is 0 Å². The highest BCUT2D eigenvalue weighted by molar-refractivity contribution is 8.03. The Bertz CT molecular complexity index is 1070. The molecule has 3 heterocycles. The number of aromatic nitrogens is 2. The van der Waals surface area contributed by atoms with Gasteiger partial charge in [0, 0.05) is 34.8 Å². The SMILES string of the molecule is CC(C)C(=O)NC1NC(c2c[nH]c3ncc(-c4ccc(C(N)O)cc4)cc23)=CS1.